The molecule has 0 spiro atoms. The van der Waals surface area contributed by atoms with E-state index in [0.29, 0.717) is 28.7 Å². The van der Waals surface area contributed by atoms with Crippen LogP contribution in [0.2, 0.25) is 0 Å². The lowest BCUT2D eigenvalue weighted by atomic mass is 9.89. The van der Waals surface area contributed by atoms with Crippen molar-refractivity contribution < 1.29 is 17.8 Å². The maximum Gasteiger partial charge on any atom is 0.331 e. The average Bonchev–Trinajstić information content (AvgIpc) is 3.18. The molecule has 0 saturated heterocycles. The van der Waals surface area contributed by atoms with Gasteiger partial charge in [0.05, 0.1) is 11.1 Å². The zero-order valence-electron chi connectivity index (χ0n) is 16.9. The van der Waals surface area contributed by atoms with Crippen molar-refractivity contribution in [2.45, 2.75) is 11.3 Å². The topological polar surface area (TPSA) is 90.8 Å². The van der Waals surface area contributed by atoms with Crippen molar-refractivity contribution in [3.05, 3.63) is 119 Å². The molecule has 0 saturated carbocycles. The minimum absolute atomic E-state index is 0.0973. The molecule has 0 unspecified atom stereocenters. The van der Waals surface area contributed by atoms with Gasteiger partial charge in [0.15, 0.2) is 0 Å². The van der Waals surface area contributed by atoms with Crippen LogP contribution in [0, 0.1) is 0 Å². The molecule has 0 radical (unpaired) electrons. The molecule has 1 aliphatic rings. The van der Waals surface area contributed by atoms with Gasteiger partial charge in [-0.1, -0.05) is 72.8 Å². The Bertz CT molecular complexity index is 1510. The van der Waals surface area contributed by atoms with Gasteiger partial charge in [0.25, 0.3) is 10.1 Å². The lowest BCUT2D eigenvalue weighted by molar-refractivity contribution is -0.00307. The highest BCUT2D eigenvalue weighted by atomic mass is 32.2. The summed E-state index contributed by atoms with van der Waals surface area (Å²) in [7, 11) is -4.68. The highest BCUT2D eigenvalue weighted by Gasteiger charge is 2.36. The van der Waals surface area contributed by atoms with E-state index in [1.807, 2.05) is 54.6 Å². The Morgan fingerprint density at radius 2 is 1.44 bits per heavy atom. The second-order valence-corrected chi connectivity index (χ2v) is 9.00. The zero-order valence-corrected chi connectivity index (χ0v) is 17.8. The first-order valence-electron chi connectivity index (χ1n) is 10.1. The van der Waals surface area contributed by atoms with E-state index in [4.69, 9.17) is 0 Å². The third kappa shape index (κ3) is 3.27. The molecule has 1 N–H and O–H groups in total. The Kier molecular flexibility index (Phi) is 4.83. The van der Waals surface area contributed by atoms with Crippen LogP contribution in [0.25, 0.3) is 27.8 Å². The van der Waals surface area contributed by atoms with Gasteiger partial charge >= 0.3 is 5.71 Å². The Labute approximate surface area is 186 Å². The number of hydrogen-bond acceptors (Lipinski definition) is 2. The quantitative estimate of drug-likeness (QED) is 0.180. The molecule has 0 aromatic heterocycles. The van der Waals surface area contributed by atoms with Crippen LogP contribution in [0.15, 0.2) is 95.9 Å². The van der Waals surface area contributed by atoms with E-state index in [1.165, 1.54) is 0 Å². The van der Waals surface area contributed by atoms with Gasteiger partial charge in [0.2, 0.25) is 0 Å². The molecule has 5 nitrogen and oxygen atoms in total. The fraction of sp³-hybridized carbons (Fsp3) is 0.0385. The summed E-state index contributed by atoms with van der Waals surface area (Å²) >= 11 is 0. The zero-order chi connectivity index (χ0) is 22.3. The first-order chi connectivity index (χ1) is 15.5. The summed E-state index contributed by atoms with van der Waals surface area (Å²) in [5.74, 6) is 0. The monoisotopic (exact) mass is 438 g/mol. The van der Waals surface area contributed by atoms with Crippen LogP contribution in [0.3, 0.4) is 0 Å². The predicted octanol–water partition coefficient (Wildman–Crippen LogP) is 5.24. The molecule has 0 heterocycles. The van der Waals surface area contributed by atoms with Gasteiger partial charge in [-0.3, -0.25) is 4.55 Å². The van der Waals surface area contributed by atoms with Crippen molar-refractivity contribution in [2.24, 2.45) is 0 Å². The van der Waals surface area contributed by atoms with Gasteiger partial charge < -0.3 is 5.53 Å². The third-order valence-corrected chi connectivity index (χ3v) is 6.73. The summed E-state index contributed by atoms with van der Waals surface area (Å²) in [6.45, 7) is 0. The van der Waals surface area contributed by atoms with Crippen molar-refractivity contribution in [3.8, 4) is 22.3 Å². The molecule has 5 rings (SSSR count). The van der Waals surface area contributed by atoms with Gasteiger partial charge in [-0.2, -0.15) is 13.2 Å². The van der Waals surface area contributed by atoms with Gasteiger partial charge in [-0.25, -0.2) is 0 Å². The Morgan fingerprint density at radius 3 is 2.09 bits per heavy atom. The number of rotatable bonds is 4. The molecule has 156 valence electrons. The normalized spacial score (nSPS) is 12.0. The number of benzene rings is 4. The van der Waals surface area contributed by atoms with E-state index in [9.17, 15) is 18.5 Å². The maximum atomic E-state index is 12.8. The van der Waals surface area contributed by atoms with Crippen LogP contribution in [0.5, 0.6) is 0 Å². The third-order valence-electron chi connectivity index (χ3n) is 5.79. The summed E-state index contributed by atoms with van der Waals surface area (Å²) in [6, 6.07) is 27.6. The minimum atomic E-state index is -4.68. The standard InChI is InChI=1S/C26H18N2O3S/c27-28-25(18-11-5-2-6-12-18)24-23-15-19-13-7-8-14-20(19)22(23)16-21(26(24)32(29,30)31)17-9-3-1-4-10-17/h1-14,16H,15H2,(H,29,30,31). The first kappa shape index (κ1) is 20.1. The second-order valence-electron chi connectivity index (χ2n) is 7.64. The summed E-state index contributed by atoms with van der Waals surface area (Å²) in [4.78, 5) is 3.26. The summed E-state index contributed by atoms with van der Waals surface area (Å²) < 4.78 is 36.0. The number of hydrogen-bond donors (Lipinski definition) is 1. The van der Waals surface area contributed by atoms with E-state index < -0.39 is 10.1 Å². The summed E-state index contributed by atoms with van der Waals surface area (Å²) in [5, 5.41) is 0. The molecule has 4 aromatic carbocycles. The van der Waals surface area contributed by atoms with Crippen LogP contribution in [-0.4, -0.2) is 23.5 Å². The van der Waals surface area contributed by atoms with Crippen LogP contribution < -0.4 is 0 Å². The van der Waals surface area contributed by atoms with Gasteiger partial charge in [-0.05, 0) is 52.4 Å². The predicted molar refractivity (Wildman–Crippen MR) is 123 cm³/mol. The summed E-state index contributed by atoms with van der Waals surface area (Å²) in [5.41, 5.74) is 15.5. The lowest BCUT2D eigenvalue weighted by Crippen LogP contribution is -2.16. The smallest absolute Gasteiger partial charge is 0.331 e. The van der Waals surface area contributed by atoms with E-state index in [2.05, 4.69) is 4.79 Å². The summed E-state index contributed by atoms with van der Waals surface area (Å²) in [6.07, 6.45) is 0.463. The van der Waals surface area contributed by atoms with Gasteiger partial charge in [0.1, 0.15) is 4.90 Å². The molecule has 0 atom stereocenters. The van der Waals surface area contributed by atoms with Crippen molar-refractivity contribution in [2.75, 3.05) is 0 Å². The molecule has 0 aliphatic heterocycles. The van der Waals surface area contributed by atoms with Crippen molar-refractivity contribution >= 4 is 15.8 Å². The number of nitrogens with zero attached hydrogens (tertiary/aromatic N) is 2. The minimum Gasteiger partial charge on any atom is -0.361 e. The molecule has 6 heteroatoms. The Morgan fingerprint density at radius 1 is 0.812 bits per heavy atom. The number of fused-ring (bicyclic) bond motifs is 3. The average molecular weight is 439 g/mol. The van der Waals surface area contributed by atoms with Crippen LogP contribution in [0.4, 0.5) is 0 Å². The largest absolute Gasteiger partial charge is 0.361 e. The maximum absolute atomic E-state index is 12.8. The second kappa shape index (κ2) is 7.70. The molecular formula is C26H18N2O3S. The fourth-order valence-electron chi connectivity index (χ4n) is 4.45. The van der Waals surface area contributed by atoms with E-state index in [0.717, 1.165) is 16.7 Å². The van der Waals surface area contributed by atoms with Crippen LogP contribution in [-0.2, 0) is 16.5 Å². The molecule has 0 fully saturated rings. The lowest BCUT2D eigenvalue weighted by Gasteiger charge is -2.16. The fourth-order valence-corrected chi connectivity index (χ4v) is 5.39. The van der Waals surface area contributed by atoms with Crippen LogP contribution in [0.1, 0.15) is 22.3 Å². The van der Waals surface area contributed by atoms with E-state index in [-0.39, 0.29) is 16.2 Å². The van der Waals surface area contributed by atoms with Gasteiger partial charge in [-0.15, -0.1) is 0 Å². The molecule has 4 aromatic rings. The highest BCUT2D eigenvalue weighted by molar-refractivity contribution is 7.86. The molecule has 0 bridgehead atoms. The first-order valence-corrected chi connectivity index (χ1v) is 11.5. The molecule has 0 amide bonds. The van der Waals surface area contributed by atoms with Crippen molar-refractivity contribution in [3.63, 3.8) is 0 Å². The highest BCUT2D eigenvalue weighted by Crippen LogP contribution is 2.45. The molecular weight excluding hydrogens is 420 g/mol. The van der Waals surface area contributed by atoms with Crippen LogP contribution >= 0.6 is 0 Å². The SMILES string of the molecule is [N-]=[N+]=C(c1ccccc1)c1c2c(cc(-c3ccccc3)c1S(=O)(=O)O)-c1ccccc1C2. The van der Waals surface area contributed by atoms with Gasteiger partial charge in [0, 0.05) is 5.56 Å². The Hall–Kier alpha value is -3.83. The Balaban J connectivity index is 1.96. The van der Waals surface area contributed by atoms with E-state index >= 15 is 0 Å². The molecule has 32 heavy (non-hydrogen) atoms. The van der Waals surface area contributed by atoms with Crippen molar-refractivity contribution in [1.82, 2.24) is 0 Å². The van der Waals surface area contributed by atoms with E-state index in [1.54, 1.807) is 36.4 Å². The molecule has 1 aliphatic carbocycles. The van der Waals surface area contributed by atoms with Crippen molar-refractivity contribution in [1.29, 1.82) is 0 Å².